The minimum atomic E-state index is 0.790. The van der Waals surface area contributed by atoms with Crippen LogP contribution in [0, 0.1) is 13.8 Å². The van der Waals surface area contributed by atoms with Crippen LogP contribution in [0.25, 0.3) is 20.8 Å². The highest BCUT2D eigenvalue weighted by Crippen LogP contribution is 2.31. The van der Waals surface area contributed by atoms with Gasteiger partial charge in [0, 0.05) is 11.3 Å². The second-order valence-corrected chi connectivity index (χ2v) is 5.58. The molecule has 0 unspecified atom stereocenters. The van der Waals surface area contributed by atoms with Crippen LogP contribution in [0.2, 0.25) is 0 Å². The van der Waals surface area contributed by atoms with Crippen LogP contribution in [-0.2, 0) is 0 Å². The molecule has 0 atom stereocenters. The fourth-order valence-electron chi connectivity index (χ4n) is 1.94. The summed E-state index contributed by atoms with van der Waals surface area (Å²) in [5.41, 5.74) is 11.4. The Bertz CT molecular complexity index is 728. The van der Waals surface area contributed by atoms with E-state index in [9.17, 15) is 0 Å². The van der Waals surface area contributed by atoms with Gasteiger partial charge in [0.1, 0.15) is 5.01 Å². The first-order valence-corrected chi connectivity index (χ1v) is 6.69. The molecule has 0 aliphatic carbocycles. The highest BCUT2D eigenvalue weighted by molar-refractivity contribution is 7.21. The molecular formula is C15H14N2S. The SMILES string of the molecule is Cc1ccc(-c2nc3ccc(N)cc3s2)cc1C. The van der Waals surface area contributed by atoms with Crippen LogP contribution in [-0.4, -0.2) is 4.98 Å². The number of nitrogens with zero attached hydrogens (tertiary/aromatic N) is 1. The number of hydrogen-bond donors (Lipinski definition) is 1. The molecule has 2 aromatic carbocycles. The van der Waals surface area contributed by atoms with Gasteiger partial charge in [0.2, 0.25) is 0 Å². The highest BCUT2D eigenvalue weighted by Gasteiger charge is 2.07. The molecule has 0 aliphatic heterocycles. The summed E-state index contributed by atoms with van der Waals surface area (Å²) in [4.78, 5) is 4.66. The molecule has 90 valence electrons. The molecule has 0 saturated carbocycles. The second kappa shape index (κ2) is 4.10. The molecule has 0 amide bonds. The van der Waals surface area contributed by atoms with Crippen molar-refractivity contribution in [3.8, 4) is 10.6 Å². The molecule has 0 bridgehead atoms. The maximum atomic E-state index is 5.79. The summed E-state index contributed by atoms with van der Waals surface area (Å²) < 4.78 is 1.14. The standard InChI is InChI=1S/C15H14N2S/c1-9-3-4-11(7-10(9)2)15-17-13-6-5-12(16)8-14(13)18-15/h3-8H,16H2,1-2H3. The van der Waals surface area contributed by atoms with Crippen LogP contribution in [0.4, 0.5) is 5.69 Å². The van der Waals surface area contributed by atoms with E-state index in [4.69, 9.17) is 5.73 Å². The number of nitrogen functional groups attached to an aromatic ring is 1. The van der Waals surface area contributed by atoms with Crippen LogP contribution >= 0.6 is 11.3 Å². The number of aryl methyl sites for hydroxylation is 2. The monoisotopic (exact) mass is 254 g/mol. The predicted octanol–water partition coefficient (Wildman–Crippen LogP) is 4.16. The first-order chi connectivity index (χ1) is 8.63. The summed E-state index contributed by atoms with van der Waals surface area (Å²) in [5.74, 6) is 0. The average molecular weight is 254 g/mol. The van der Waals surface area contributed by atoms with Gasteiger partial charge in [0.05, 0.1) is 10.2 Å². The Morgan fingerprint density at radius 1 is 1.00 bits per heavy atom. The Hall–Kier alpha value is -1.87. The lowest BCUT2D eigenvalue weighted by Crippen LogP contribution is -1.82. The van der Waals surface area contributed by atoms with Gasteiger partial charge < -0.3 is 5.73 Å². The normalized spacial score (nSPS) is 11.0. The molecule has 3 aromatic rings. The first-order valence-electron chi connectivity index (χ1n) is 5.87. The molecule has 2 N–H and O–H groups in total. The first kappa shape index (κ1) is 11.2. The summed E-state index contributed by atoms with van der Waals surface area (Å²) in [6.07, 6.45) is 0. The lowest BCUT2D eigenvalue weighted by atomic mass is 10.1. The summed E-state index contributed by atoms with van der Waals surface area (Å²) in [6, 6.07) is 12.3. The van der Waals surface area contributed by atoms with Gasteiger partial charge in [-0.1, -0.05) is 12.1 Å². The molecule has 0 fully saturated rings. The summed E-state index contributed by atoms with van der Waals surface area (Å²) in [5, 5.41) is 1.05. The fraction of sp³-hybridized carbons (Fsp3) is 0.133. The van der Waals surface area contributed by atoms with Gasteiger partial charge in [-0.3, -0.25) is 0 Å². The van der Waals surface area contributed by atoms with Crippen molar-refractivity contribution >= 4 is 27.2 Å². The number of anilines is 1. The van der Waals surface area contributed by atoms with Gasteiger partial charge in [-0.15, -0.1) is 11.3 Å². The zero-order valence-corrected chi connectivity index (χ0v) is 11.2. The zero-order chi connectivity index (χ0) is 12.7. The van der Waals surface area contributed by atoms with E-state index in [1.807, 2.05) is 18.2 Å². The molecule has 1 heterocycles. The van der Waals surface area contributed by atoms with Gasteiger partial charge in [-0.2, -0.15) is 0 Å². The number of nitrogens with two attached hydrogens (primary N) is 1. The van der Waals surface area contributed by atoms with E-state index in [-0.39, 0.29) is 0 Å². The van der Waals surface area contributed by atoms with Crippen molar-refractivity contribution in [2.45, 2.75) is 13.8 Å². The predicted molar refractivity (Wildman–Crippen MR) is 78.9 cm³/mol. The third-order valence-electron chi connectivity index (χ3n) is 3.17. The van der Waals surface area contributed by atoms with Gasteiger partial charge in [-0.05, 0) is 49.2 Å². The van der Waals surface area contributed by atoms with Crippen molar-refractivity contribution in [3.63, 3.8) is 0 Å². The van der Waals surface area contributed by atoms with Crippen LogP contribution in [0.5, 0.6) is 0 Å². The van der Waals surface area contributed by atoms with Gasteiger partial charge in [0.15, 0.2) is 0 Å². The summed E-state index contributed by atoms with van der Waals surface area (Å²) >= 11 is 1.69. The Labute approximate surface area is 110 Å². The molecule has 18 heavy (non-hydrogen) atoms. The second-order valence-electron chi connectivity index (χ2n) is 4.55. The van der Waals surface area contributed by atoms with Crippen LogP contribution in [0.1, 0.15) is 11.1 Å². The number of hydrogen-bond acceptors (Lipinski definition) is 3. The van der Waals surface area contributed by atoms with Crippen molar-refractivity contribution in [2.75, 3.05) is 5.73 Å². The van der Waals surface area contributed by atoms with Crippen molar-refractivity contribution in [3.05, 3.63) is 47.5 Å². The van der Waals surface area contributed by atoms with E-state index < -0.39 is 0 Å². The molecule has 0 aliphatic rings. The van der Waals surface area contributed by atoms with Crippen molar-refractivity contribution in [1.29, 1.82) is 0 Å². The minimum Gasteiger partial charge on any atom is -0.399 e. The Morgan fingerprint density at radius 3 is 2.61 bits per heavy atom. The number of benzene rings is 2. The third kappa shape index (κ3) is 1.87. The lowest BCUT2D eigenvalue weighted by Gasteiger charge is -2.01. The zero-order valence-electron chi connectivity index (χ0n) is 10.4. The number of aromatic nitrogens is 1. The largest absolute Gasteiger partial charge is 0.399 e. The van der Waals surface area contributed by atoms with Gasteiger partial charge in [-0.25, -0.2) is 4.98 Å². The van der Waals surface area contributed by atoms with Crippen molar-refractivity contribution in [2.24, 2.45) is 0 Å². The number of fused-ring (bicyclic) bond motifs is 1. The Kier molecular flexibility index (Phi) is 2.56. The Morgan fingerprint density at radius 2 is 1.83 bits per heavy atom. The highest BCUT2D eigenvalue weighted by atomic mass is 32.1. The van der Waals surface area contributed by atoms with Crippen LogP contribution in [0.15, 0.2) is 36.4 Å². The Balaban J connectivity index is 2.16. The molecule has 0 radical (unpaired) electrons. The van der Waals surface area contributed by atoms with Crippen LogP contribution in [0.3, 0.4) is 0 Å². The molecule has 1 aromatic heterocycles. The van der Waals surface area contributed by atoms with Crippen molar-refractivity contribution < 1.29 is 0 Å². The van der Waals surface area contributed by atoms with Gasteiger partial charge >= 0.3 is 0 Å². The van der Waals surface area contributed by atoms with E-state index in [0.717, 1.165) is 20.9 Å². The maximum absolute atomic E-state index is 5.79. The third-order valence-corrected chi connectivity index (χ3v) is 4.23. The molecule has 0 spiro atoms. The quantitative estimate of drug-likeness (QED) is 0.662. The molecule has 3 rings (SSSR count). The smallest absolute Gasteiger partial charge is 0.124 e. The number of thiazole rings is 1. The summed E-state index contributed by atoms with van der Waals surface area (Å²) in [7, 11) is 0. The fourth-order valence-corrected chi connectivity index (χ4v) is 2.95. The minimum absolute atomic E-state index is 0.790. The molecule has 0 saturated heterocycles. The molecular weight excluding hydrogens is 240 g/mol. The van der Waals surface area contributed by atoms with E-state index >= 15 is 0 Å². The van der Waals surface area contributed by atoms with Crippen LogP contribution < -0.4 is 5.73 Å². The summed E-state index contributed by atoms with van der Waals surface area (Å²) in [6.45, 7) is 4.25. The van der Waals surface area contributed by atoms with Gasteiger partial charge in [0.25, 0.3) is 0 Å². The molecule has 2 nitrogen and oxygen atoms in total. The van der Waals surface area contributed by atoms with E-state index in [1.165, 1.54) is 16.7 Å². The van der Waals surface area contributed by atoms with Crippen molar-refractivity contribution in [1.82, 2.24) is 4.98 Å². The maximum Gasteiger partial charge on any atom is 0.124 e. The lowest BCUT2D eigenvalue weighted by molar-refractivity contribution is 1.34. The average Bonchev–Trinajstić information content (AvgIpc) is 2.75. The molecule has 3 heteroatoms. The van der Waals surface area contributed by atoms with E-state index in [0.29, 0.717) is 0 Å². The number of rotatable bonds is 1. The topological polar surface area (TPSA) is 38.9 Å². The van der Waals surface area contributed by atoms with E-state index in [1.54, 1.807) is 11.3 Å². The van der Waals surface area contributed by atoms with E-state index in [2.05, 4.69) is 37.0 Å².